The van der Waals surface area contributed by atoms with Crippen molar-refractivity contribution in [2.75, 3.05) is 0 Å². The van der Waals surface area contributed by atoms with Crippen LogP contribution < -0.4 is 0 Å². The predicted molar refractivity (Wildman–Crippen MR) is 79.0 cm³/mol. The lowest BCUT2D eigenvalue weighted by Crippen LogP contribution is -2.30. The number of tetrazole rings is 1. The van der Waals surface area contributed by atoms with Gasteiger partial charge in [-0.15, -0.1) is 5.10 Å². The first kappa shape index (κ1) is 15.9. The van der Waals surface area contributed by atoms with Gasteiger partial charge in [0.2, 0.25) is 0 Å². The largest absolute Gasteiger partial charge is 0.481 e. The lowest BCUT2D eigenvalue weighted by atomic mass is 9.84. The van der Waals surface area contributed by atoms with Crippen molar-refractivity contribution in [2.24, 2.45) is 5.41 Å². The molecule has 1 N–H and O–H groups in total. The van der Waals surface area contributed by atoms with Gasteiger partial charge in [0.25, 0.3) is 0 Å². The number of nitrogens with zero attached hydrogens (tertiary/aromatic N) is 4. The van der Waals surface area contributed by atoms with Crippen LogP contribution in [0.25, 0.3) is 0 Å². The molecule has 1 aliphatic carbocycles. The van der Waals surface area contributed by atoms with Crippen LogP contribution in [0.5, 0.6) is 0 Å². The molecule has 0 spiro atoms. The van der Waals surface area contributed by atoms with E-state index in [1.54, 1.807) is 4.68 Å². The Morgan fingerprint density at radius 3 is 2.43 bits per heavy atom. The minimum Gasteiger partial charge on any atom is -0.481 e. The first-order valence-corrected chi connectivity index (χ1v) is 7.89. The zero-order valence-corrected chi connectivity index (χ0v) is 13.2. The second-order valence-corrected chi connectivity index (χ2v) is 7.15. The van der Waals surface area contributed by atoms with Crippen molar-refractivity contribution < 1.29 is 9.90 Å². The Morgan fingerprint density at radius 1 is 1.29 bits per heavy atom. The molecule has 21 heavy (non-hydrogen) atoms. The summed E-state index contributed by atoms with van der Waals surface area (Å²) in [5.41, 5.74) is -0.201. The van der Waals surface area contributed by atoms with E-state index in [2.05, 4.69) is 15.5 Å². The summed E-state index contributed by atoms with van der Waals surface area (Å²) < 4.78 is 1.78. The molecular weight excluding hydrogens is 268 g/mol. The molecule has 6 heteroatoms. The Hall–Kier alpha value is -1.46. The summed E-state index contributed by atoms with van der Waals surface area (Å²) in [5, 5.41) is 21.4. The standard InChI is InChI=1S/C15H26N4O2/c1-15(2,3)12(10-13(20)21)19-14(16-17-18-19)11-8-6-4-5-7-9-11/h11-12H,4-10H2,1-3H3,(H,20,21). The molecule has 1 atom stereocenters. The summed E-state index contributed by atoms with van der Waals surface area (Å²) in [6.07, 6.45) is 7.21. The third-order valence-corrected chi connectivity index (χ3v) is 4.40. The highest BCUT2D eigenvalue weighted by atomic mass is 16.4. The van der Waals surface area contributed by atoms with E-state index in [1.807, 2.05) is 20.8 Å². The summed E-state index contributed by atoms with van der Waals surface area (Å²) in [6.45, 7) is 6.12. The van der Waals surface area contributed by atoms with Crippen molar-refractivity contribution in [1.29, 1.82) is 0 Å². The van der Waals surface area contributed by atoms with Gasteiger partial charge >= 0.3 is 5.97 Å². The van der Waals surface area contributed by atoms with Crippen molar-refractivity contribution in [1.82, 2.24) is 20.2 Å². The van der Waals surface area contributed by atoms with Crippen molar-refractivity contribution >= 4 is 5.97 Å². The van der Waals surface area contributed by atoms with Crippen molar-refractivity contribution in [3.05, 3.63) is 5.82 Å². The third kappa shape index (κ3) is 4.02. The highest BCUT2D eigenvalue weighted by Gasteiger charge is 2.33. The monoisotopic (exact) mass is 294 g/mol. The van der Waals surface area contributed by atoms with Crippen LogP contribution in [-0.2, 0) is 4.79 Å². The summed E-state index contributed by atoms with van der Waals surface area (Å²) in [5.74, 6) is 0.427. The number of aromatic nitrogens is 4. The van der Waals surface area contributed by atoms with Gasteiger partial charge in [-0.2, -0.15) is 0 Å². The molecule has 1 heterocycles. The van der Waals surface area contributed by atoms with Crippen LogP contribution in [0.1, 0.15) is 83.5 Å². The van der Waals surface area contributed by atoms with Crippen molar-refractivity contribution in [3.8, 4) is 0 Å². The average Bonchev–Trinajstić information content (AvgIpc) is 2.69. The molecule has 0 bridgehead atoms. The van der Waals surface area contributed by atoms with Crippen LogP contribution in [-0.4, -0.2) is 31.3 Å². The average molecular weight is 294 g/mol. The van der Waals surface area contributed by atoms with E-state index in [0.29, 0.717) is 5.92 Å². The Balaban J connectivity index is 2.29. The van der Waals surface area contributed by atoms with E-state index >= 15 is 0 Å². The minimum absolute atomic E-state index is 0.0499. The molecule has 0 radical (unpaired) electrons. The fourth-order valence-electron chi connectivity index (χ4n) is 3.15. The van der Waals surface area contributed by atoms with E-state index in [0.717, 1.165) is 18.7 Å². The molecular formula is C15H26N4O2. The lowest BCUT2D eigenvalue weighted by Gasteiger charge is -2.31. The maximum Gasteiger partial charge on any atom is 0.305 e. The van der Waals surface area contributed by atoms with E-state index in [-0.39, 0.29) is 17.9 Å². The summed E-state index contributed by atoms with van der Waals surface area (Å²) in [4.78, 5) is 11.2. The number of carboxylic acids is 1. The number of carboxylic acid groups (broad SMARTS) is 1. The molecule has 1 aromatic heterocycles. The molecule has 1 aromatic rings. The summed E-state index contributed by atoms with van der Waals surface area (Å²) in [7, 11) is 0. The van der Waals surface area contributed by atoms with E-state index in [9.17, 15) is 9.90 Å². The van der Waals surface area contributed by atoms with Gasteiger partial charge in [0.05, 0.1) is 12.5 Å². The second-order valence-electron chi connectivity index (χ2n) is 7.15. The predicted octanol–water partition coefficient (Wildman–Crippen LogP) is 3.17. The molecule has 1 saturated carbocycles. The molecule has 118 valence electrons. The maximum atomic E-state index is 11.2. The number of hydrogen-bond donors (Lipinski definition) is 1. The molecule has 1 fully saturated rings. The first-order chi connectivity index (χ1) is 9.89. The van der Waals surface area contributed by atoms with Crippen LogP contribution in [0.2, 0.25) is 0 Å². The summed E-state index contributed by atoms with van der Waals surface area (Å²) >= 11 is 0. The van der Waals surface area contributed by atoms with Crippen molar-refractivity contribution in [2.45, 2.75) is 77.7 Å². The van der Waals surface area contributed by atoms with E-state index in [1.165, 1.54) is 25.7 Å². The Bertz CT molecular complexity index is 470. The zero-order chi connectivity index (χ0) is 15.5. The van der Waals surface area contributed by atoms with Gasteiger partial charge in [-0.05, 0) is 28.7 Å². The van der Waals surface area contributed by atoms with Crippen LogP contribution in [0.3, 0.4) is 0 Å². The SMILES string of the molecule is CC(C)(C)C(CC(=O)O)n1nnnc1C1CCCCCC1. The molecule has 1 unspecified atom stereocenters. The lowest BCUT2D eigenvalue weighted by molar-refractivity contribution is -0.138. The Morgan fingerprint density at radius 2 is 1.90 bits per heavy atom. The topological polar surface area (TPSA) is 80.9 Å². The van der Waals surface area contributed by atoms with Crippen LogP contribution in [0.4, 0.5) is 0 Å². The quantitative estimate of drug-likeness (QED) is 0.863. The molecule has 0 amide bonds. The summed E-state index contributed by atoms with van der Waals surface area (Å²) in [6, 6.07) is -0.219. The van der Waals surface area contributed by atoms with Gasteiger partial charge in [0.1, 0.15) is 0 Å². The van der Waals surface area contributed by atoms with Gasteiger partial charge in [-0.25, -0.2) is 4.68 Å². The normalized spacial score (nSPS) is 19.2. The molecule has 2 rings (SSSR count). The van der Waals surface area contributed by atoms with E-state index in [4.69, 9.17) is 0 Å². The van der Waals surface area contributed by atoms with Gasteiger partial charge in [0, 0.05) is 5.92 Å². The smallest absolute Gasteiger partial charge is 0.305 e. The number of aliphatic carboxylic acids is 1. The highest BCUT2D eigenvalue weighted by Crippen LogP contribution is 2.37. The van der Waals surface area contributed by atoms with Crippen molar-refractivity contribution in [3.63, 3.8) is 0 Å². The number of rotatable bonds is 4. The van der Waals surface area contributed by atoms with Gasteiger partial charge in [0.15, 0.2) is 5.82 Å². The molecule has 0 aliphatic heterocycles. The first-order valence-electron chi connectivity index (χ1n) is 7.89. The minimum atomic E-state index is -0.808. The maximum absolute atomic E-state index is 11.2. The zero-order valence-electron chi connectivity index (χ0n) is 13.2. The molecule has 6 nitrogen and oxygen atoms in total. The molecule has 0 saturated heterocycles. The Labute approximate surface area is 125 Å². The van der Waals surface area contributed by atoms with Crippen LogP contribution >= 0.6 is 0 Å². The fourth-order valence-corrected chi connectivity index (χ4v) is 3.15. The van der Waals surface area contributed by atoms with Crippen LogP contribution in [0, 0.1) is 5.41 Å². The van der Waals surface area contributed by atoms with Gasteiger partial charge in [-0.3, -0.25) is 4.79 Å². The highest BCUT2D eigenvalue weighted by molar-refractivity contribution is 5.67. The number of carbonyl (C=O) groups is 1. The fraction of sp³-hybridized carbons (Fsp3) is 0.867. The van der Waals surface area contributed by atoms with Gasteiger partial charge < -0.3 is 5.11 Å². The van der Waals surface area contributed by atoms with E-state index < -0.39 is 5.97 Å². The van der Waals surface area contributed by atoms with Gasteiger partial charge in [-0.1, -0.05) is 46.5 Å². The third-order valence-electron chi connectivity index (χ3n) is 4.40. The molecule has 1 aliphatic rings. The molecule has 0 aromatic carbocycles. The van der Waals surface area contributed by atoms with Crippen LogP contribution in [0.15, 0.2) is 0 Å². The second kappa shape index (κ2) is 6.54. The Kier molecular flexibility index (Phi) is 4.96. The number of hydrogen-bond acceptors (Lipinski definition) is 4.